The third-order valence-electron chi connectivity index (χ3n) is 7.04. The van der Waals surface area contributed by atoms with E-state index in [2.05, 4.69) is 54.1 Å². The molecule has 1 N–H and O–H groups in total. The van der Waals surface area contributed by atoms with Gasteiger partial charge in [0.1, 0.15) is 11.4 Å². The summed E-state index contributed by atoms with van der Waals surface area (Å²) < 4.78 is 0. The summed E-state index contributed by atoms with van der Waals surface area (Å²) in [5.41, 5.74) is 2.04. The molecule has 1 aromatic carbocycles. The first-order valence-corrected chi connectivity index (χ1v) is 11.6. The quantitative estimate of drug-likeness (QED) is 0.715. The molecule has 0 aromatic heterocycles. The monoisotopic (exact) mass is 408 g/mol. The molecule has 0 unspecified atom stereocenters. The molecule has 0 radical (unpaired) electrons. The van der Waals surface area contributed by atoms with E-state index in [-0.39, 0.29) is 11.6 Å². The molecular formula is C25H36N4O. The van der Waals surface area contributed by atoms with Gasteiger partial charge in [0.2, 0.25) is 0 Å². The minimum atomic E-state index is -0.319. The molecule has 0 bridgehead atoms. The van der Waals surface area contributed by atoms with Gasteiger partial charge in [0.05, 0.1) is 6.04 Å². The highest BCUT2D eigenvalue weighted by Crippen LogP contribution is 2.38. The first-order chi connectivity index (χ1) is 14.5. The standard InChI is InChI=1S/C25H36N4O/c1-19(2)17-29-24(30)27-23(26-22-12-8-5-9-13-22)25(29)14-15-28(20(3)16-25)18-21-10-6-4-7-11-21/h4,6-7,10-11,20,22H,1,5,8-9,12-18H2,2-3H3,(H,26,27,30)/t20-,25+/m0/s1. The van der Waals surface area contributed by atoms with E-state index >= 15 is 0 Å². The number of urea groups is 1. The van der Waals surface area contributed by atoms with Crippen LogP contribution < -0.4 is 5.32 Å². The second-order valence-electron chi connectivity index (χ2n) is 9.53. The van der Waals surface area contributed by atoms with Crippen LogP contribution >= 0.6 is 0 Å². The molecule has 5 heteroatoms. The van der Waals surface area contributed by atoms with Gasteiger partial charge in [-0.3, -0.25) is 15.2 Å². The van der Waals surface area contributed by atoms with Crippen LogP contribution in [-0.4, -0.2) is 52.4 Å². The molecule has 1 spiro atoms. The van der Waals surface area contributed by atoms with Crippen molar-refractivity contribution in [2.45, 2.75) is 83.0 Å². The van der Waals surface area contributed by atoms with Gasteiger partial charge in [-0.05, 0) is 45.1 Å². The lowest BCUT2D eigenvalue weighted by Gasteiger charge is -2.47. The van der Waals surface area contributed by atoms with Gasteiger partial charge in [0.15, 0.2) is 0 Å². The molecule has 5 nitrogen and oxygen atoms in total. The summed E-state index contributed by atoms with van der Waals surface area (Å²) in [7, 11) is 0. The van der Waals surface area contributed by atoms with E-state index in [0.29, 0.717) is 18.6 Å². The maximum atomic E-state index is 13.0. The van der Waals surface area contributed by atoms with Crippen LogP contribution in [0.2, 0.25) is 0 Å². The Kier molecular flexibility index (Phi) is 6.28. The molecule has 1 aliphatic carbocycles. The molecule has 30 heavy (non-hydrogen) atoms. The van der Waals surface area contributed by atoms with Gasteiger partial charge in [0.25, 0.3) is 0 Å². The van der Waals surface area contributed by atoms with E-state index in [0.717, 1.165) is 50.2 Å². The molecule has 2 saturated heterocycles. The highest BCUT2D eigenvalue weighted by atomic mass is 16.2. The van der Waals surface area contributed by atoms with Crippen LogP contribution in [0.25, 0.3) is 0 Å². The minimum absolute atomic E-state index is 0.00345. The SMILES string of the molecule is C=C(C)CN1C(=O)NC(=NC2CCCCC2)[C@]12CCN(Cc1ccccc1)[C@@H](C)C2. The maximum Gasteiger partial charge on any atom is 0.323 e. The van der Waals surface area contributed by atoms with Crippen molar-refractivity contribution in [2.75, 3.05) is 13.1 Å². The van der Waals surface area contributed by atoms with Crippen LogP contribution in [0.4, 0.5) is 4.79 Å². The number of carbonyl (C=O) groups excluding carboxylic acids is 1. The smallest absolute Gasteiger partial charge is 0.308 e. The van der Waals surface area contributed by atoms with Gasteiger partial charge in [0, 0.05) is 25.7 Å². The summed E-state index contributed by atoms with van der Waals surface area (Å²) in [4.78, 5) is 22.7. The van der Waals surface area contributed by atoms with Crippen LogP contribution in [0.1, 0.15) is 64.4 Å². The van der Waals surface area contributed by atoms with Crippen molar-refractivity contribution in [2.24, 2.45) is 4.99 Å². The van der Waals surface area contributed by atoms with E-state index in [1.54, 1.807) is 0 Å². The number of amides is 2. The van der Waals surface area contributed by atoms with Crippen LogP contribution in [0, 0.1) is 0 Å². The van der Waals surface area contributed by atoms with E-state index in [9.17, 15) is 4.79 Å². The van der Waals surface area contributed by atoms with Crippen molar-refractivity contribution < 1.29 is 4.79 Å². The molecule has 2 amide bonds. The van der Waals surface area contributed by atoms with E-state index < -0.39 is 0 Å². The molecule has 3 aliphatic rings. The lowest BCUT2D eigenvalue weighted by Crippen LogP contribution is -2.59. The summed E-state index contributed by atoms with van der Waals surface area (Å²) in [5, 5.41) is 3.18. The maximum absolute atomic E-state index is 13.0. The summed E-state index contributed by atoms with van der Waals surface area (Å²) in [6, 6.07) is 11.4. The van der Waals surface area contributed by atoms with E-state index in [1.165, 1.54) is 24.8 Å². The number of nitrogens with one attached hydrogen (secondary N) is 1. The normalized spacial score (nSPS) is 29.5. The number of amidine groups is 1. The highest BCUT2D eigenvalue weighted by Gasteiger charge is 2.53. The fraction of sp³-hybridized carbons (Fsp3) is 0.600. The zero-order chi connectivity index (χ0) is 21.1. The zero-order valence-corrected chi connectivity index (χ0v) is 18.6. The first-order valence-electron chi connectivity index (χ1n) is 11.6. The largest absolute Gasteiger partial charge is 0.323 e. The van der Waals surface area contributed by atoms with Gasteiger partial charge in [-0.2, -0.15) is 0 Å². The number of benzene rings is 1. The van der Waals surface area contributed by atoms with Crippen molar-refractivity contribution >= 4 is 11.9 Å². The summed E-state index contributed by atoms with van der Waals surface area (Å²) >= 11 is 0. The van der Waals surface area contributed by atoms with Crippen LogP contribution in [0.5, 0.6) is 0 Å². The van der Waals surface area contributed by atoms with Crippen LogP contribution in [-0.2, 0) is 6.54 Å². The molecule has 4 rings (SSSR count). The second kappa shape index (κ2) is 8.93. The Labute approximate surface area is 181 Å². The van der Waals surface area contributed by atoms with Gasteiger partial charge in [-0.1, -0.05) is 61.7 Å². The molecular weight excluding hydrogens is 372 g/mol. The average molecular weight is 409 g/mol. The Balaban J connectivity index is 1.58. The fourth-order valence-electron chi connectivity index (χ4n) is 5.43. The number of likely N-dealkylation sites (tertiary alicyclic amines) is 1. The van der Waals surface area contributed by atoms with Crippen molar-refractivity contribution in [1.29, 1.82) is 0 Å². The zero-order valence-electron chi connectivity index (χ0n) is 18.6. The third-order valence-corrected chi connectivity index (χ3v) is 7.04. The summed E-state index contributed by atoms with van der Waals surface area (Å²) in [5.74, 6) is 0.923. The second-order valence-corrected chi connectivity index (χ2v) is 9.53. The Morgan fingerprint density at radius 1 is 1.23 bits per heavy atom. The van der Waals surface area contributed by atoms with Crippen molar-refractivity contribution in [1.82, 2.24) is 15.1 Å². The Bertz CT molecular complexity index is 799. The number of hydrogen-bond donors (Lipinski definition) is 1. The van der Waals surface area contributed by atoms with Crippen molar-refractivity contribution in [3.63, 3.8) is 0 Å². The Morgan fingerprint density at radius 3 is 2.63 bits per heavy atom. The number of aliphatic imine (C=N–C) groups is 1. The minimum Gasteiger partial charge on any atom is -0.308 e. The van der Waals surface area contributed by atoms with Gasteiger partial charge < -0.3 is 4.90 Å². The van der Waals surface area contributed by atoms with Gasteiger partial charge >= 0.3 is 6.03 Å². The molecule has 2 heterocycles. The number of piperidine rings is 1. The molecule has 2 atom stereocenters. The Hall–Kier alpha value is -2.14. The van der Waals surface area contributed by atoms with Gasteiger partial charge in [-0.15, -0.1) is 0 Å². The topological polar surface area (TPSA) is 47.9 Å². The highest BCUT2D eigenvalue weighted by molar-refractivity contribution is 6.10. The molecule has 1 saturated carbocycles. The van der Waals surface area contributed by atoms with Crippen molar-refractivity contribution in [3.05, 3.63) is 48.0 Å². The van der Waals surface area contributed by atoms with E-state index in [1.807, 2.05) is 11.8 Å². The molecule has 2 aliphatic heterocycles. The van der Waals surface area contributed by atoms with Gasteiger partial charge in [-0.25, -0.2) is 4.79 Å². The lowest BCUT2D eigenvalue weighted by atomic mass is 9.81. The average Bonchev–Trinajstić information content (AvgIpc) is 2.96. The van der Waals surface area contributed by atoms with Crippen LogP contribution in [0.15, 0.2) is 47.5 Å². The number of hydrogen-bond acceptors (Lipinski definition) is 3. The number of rotatable bonds is 5. The lowest BCUT2D eigenvalue weighted by molar-refractivity contribution is 0.0663. The molecule has 1 aromatic rings. The number of carbonyl (C=O) groups is 1. The predicted octanol–water partition coefficient (Wildman–Crippen LogP) is 4.74. The predicted molar refractivity (Wildman–Crippen MR) is 123 cm³/mol. The molecule has 162 valence electrons. The summed E-state index contributed by atoms with van der Waals surface area (Å²) in [6.07, 6.45) is 7.93. The van der Waals surface area contributed by atoms with E-state index in [4.69, 9.17) is 4.99 Å². The molecule has 3 fully saturated rings. The first kappa shape index (κ1) is 21.1. The van der Waals surface area contributed by atoms with Crippen LogP contribution in [0.3, 0.4) is 0 Å². The third kappa shape index (κ3) is 4.31. The Morgan fingerprint density at radius 2 is 1.97 bits per heavy atom. The number of nitrogens with zero attached hydrogens (tertiary/aromatic N) is 3. The van der Waals surface area contributed by atoms with Crippen molar-refractivity contribution in [3.8, 4) is 0 Å². The summed E-state index contributed by atoms with van der Waals surface area (Å²) in [6.45, 7) is 10.9. The fourth-order valence-corrected chi connectivity index (χ4v) is 5.43.